The van der Waals surface area contributed by atoms with Crippen LogP contribution in [0.5, 0.6) is 0 Å². The fraction of sp³-hybridized carbons (Fsp3) is 0.0638. The van der Waals surface area contributed by atoms with Gasteiger partial charge in [-0.1, -0.05) is 111 Å². The van der Waals surface area contributed by atoms with E-state index in [1.165, 1.54) is 90.5 Å². The van der Waals surface area contributed by atoms with Gasteiger partial charge in [-0.3, -0.25) is 0 Å². The molecule has 1 nitrogen and oxygen atoms in total. The molecule has 0 aromatic heterocycles. The van der Waals surface area contributed by atoms with Gasteiger partial charge in [0.25, 0.3) is 0 Å². The van der Waals surface area contributed by atoms with Gasteiger partial charge in [0.05, 0.1) is 5.69 Å². The lowest BCUT2D eigenvalue weighted by atomic mass is 9.81. The van der Waals surface area contributed by atoms with Crippen LogP contribution in [0.1, 0.15) is 25.0 Å². The number of para-hydroxylation sites is 2. The predicted octanol–water partition coefficient (Wildman–Crippen LogP) is 14.4. The summed E-state index contributed by atoms with van der Waals surface area (Å²) in [6.45, 7) is 4.75. The van der Waals surface area contributed by atoms with Crippen LogP contribution < -0.4 is 4.90 Å². The lowest BCUT2D eigenvalue weighted by molar-refractivity contribution is 0.660. The largest absolute Gasteiger partial charge is 0.310 e. The summed E-state index contributed by atoms with van der Waals surface area (Å²) in [6.07, 6.45) is 0. The molecule has 0 amide bonds. The zero-order valence-electron chi connectivity index (χ0n) is 27.7. The minimum Gasteiger partial charge on any atom is -0.310 e. The maximum absolute atomic E-state index is 2.48. The van der Waals surface area contributed by atoms with Crippen molar-refractivity contribution >= 4 is 80.1 Å². The monoisotopic (exact) mass is 673 g/mol. The Bertz CT molecular complexity index is 2850. The van der Waals surface area contributed by atoms with Crippen LogP contribution in [-0.2, 0) is 5.41 Å². The first kappa shape index (κ1) is 28.4. The molecule has 1 aliphatic carbocycles. The molecule has 2 aliphatic heterocycles. The number of nitrogens with zero attached hydrogens (tertiary/aromatic N) is 1. The molecule has 0 spiro atoms. The number of benzene rings is 8. The minimum atomic E-state index is -0.0400. The average Bonchev–Trinajstić information content (AvgIpc) is 3.39. The van der Waals surface area contributed by atoms with Gasteiger partial charge in [-0.15, -0.1) is 22.7 Å². The molecule has 8 aromatic carbocycles. The van der Waals surface area contributed by atoms with Gasteiger partial charge >= 0.3 is 0 Å². The zero-order chi connectivity index (χ0) is 33.1. The van der Waals surface area contributed by atoms with E-state index in [-0.39, 0.29) is 5.41 Å². The quantitative estimate of drug-likeness (QED) is 0.133. The van der Waals surface area contributed by atoms with Crippen LogP contribution in [0, 0.1) is 0 Å². The van der Waals surface area contributed by atoms with Crippen molar-refractivity contribution in [3.63, 3.8) is 0 Å². The first-order valence-electron chi connectivity index (χ1n) is 17.3. The van der Waals surface area contributed by atoms with E-state index in [1.54, 1.807) is 0 Å². The smallest absolute Gasteiger partial charge is 0.0555 e. The summed E-state index contributed by atoms with van der Waals surface area (Å²) in [4.78, 5) is 2.42. The van der Waals surface area contributed by atoms with Gasteiger partial charge in [0.1, 0.15) is 0 Å². The summed E-state index contributed by atoms with van der Waals surface area (Å²) >= 11 is 3.86. The lowest BCUT2D eigenvalue weighted by Crippen LogP contribution is -2.14. The molecule has 3 aliphatic rings. The van der Waals surface area contributed by atoms with Crippen LogP contribution in [0.15, 0.2) is 152 Å². The van der Waals surface area contributed by atoms with Crippen molar-refractivity contribution in [2.75, 3.05) is 4.90 Å². The SMILES string of the molecule is CC1(C)c2ccccc2-c2ccc(-c3cc4sc5cccc6c(N(c7ccccc7)c7ccccc7)cc7sc8cccc3c8c4-c7c56)cc21. The Kier molecular flexibility index (Phi) is 5.83. The van der Waals surface area contributed by atoms with Crippen LogP contribution >= 0.6 is 22.7 Å². The summed E-state index contributed by atoms with van der Waals surface area (Å²) in [6, 6.07) is 56.4. The van der Waals surface area contributed by atoms with Gasteiger partial charge in [0, 0.05) is 62.9 Å². The van der Waals surface area contributed by atoms with E-state index in [2.05, 4.69) is 170 Å². The Morgan fingerprint density at radius 3 is 1.72 bits per heavy atom. The highest BCUT2D eigenvalue weighted by atomic mass is 32.1. The number of rotatable bonds is 4. The first-order valence-corrected chi connectivity index (χ1v) is 18.9. The zero-order valence-corrected chi connectivity index (χ0v) is 29.3. The normalized spacial score (nSPS) is 13.6. The van der Waals surface area contributed by atoms with Crippen LogP contribution in [0.3, 0.4) is 0 Å². The van der Waals surface area contributed by atoms with Crippen molar-refractivity contribution in [1.82, 2.24) is 0 Å². The summed E-state index contributed by atoms with van der Waals surface area (Å²) in [5, 5.41) is 5.37. The number of hydrogen-bond donors (Lipinski definition) is 0. The molecule has 11 rings (SSSR count). The summed E-state index contributed by atoms with van der Waals surface area (Å²) < 4.78 is 5.33. The van der Waals surface area contributed by atoms with Crippen LogP contribution in [0.2, 0.25) is 0 Å². The minimum absolute atomic E-state index is 0.0400. The van der Waals surface area contributed by atoms with E-state index in [9.17, 15) is 0 Å². The molecule has 2 heterocycles. The van der Waals surface area contributed by atoms with Gasteiger partial charge in [0.2, 0.25) is 0 Å². The molecular formula is C47H31NS2. The van der Waals surface area contributed by atoms with Crippen molar-refractivity contribution < 1.29 is 0 Å². The van der Waals surface area contributed by atoms with Gasteiger partial charge in [-0.05, 0) is 93.4 Å². The third-order valence-corrected chi connectivity index (χ3v) is 13.2. The summed E-state index contributed by atoms with van der Waals surface area (Å²) in [5.74, 6) is 0. The molecule has 3 heteroatoms. The van der Waals surface area contributed by atoms with Crippen LogP contribution in [0.25, 0.3) is 73.7 Å². The second-order valence-corrected chi connectivity index (χ2v) is 16.2. The highest BCUT2D eigenvalue weighted by Gasteiger charge is 2.35. The molecular weight excluding hydrogens is 643 g/mol. The van der Waals surface area contributed by atoms with Crippen LogP contribution in [-0.4, -0.2) is 0 Å². The molecule has 8 aromatic rings. The first-order chi connectivity index (χ1) is 24.6. The fourth-order valence-electron chi connectivity index (χ4n) is 8.76. The molecule has 0 unspecified atom stereocenters. The highest BCUT2D eigenvalue weighted by Crippen LogP contribution is 2.56. The van der Waals surface area contributed by atoms with Gasteiger partial charge in [-0.2, -0.15) is 0 Å². The van der Waals surface area contributed by atoms with Crippen molar-refractivity contribution in [3.8, 4) is 33.4 Å². The Balaban J connectivity index is 1.20. The van der Waals surface area contributed by atoms with E-state index in [0.717, 1.165) is 11.4 Å². The predicted molar refractivity (Wildman–Crippen MR) is 218 cm³/mol. The molecule has 0 radical (unpaired) electrons. The van der Waals surface area contributed by atoms with Crippen LogP contribution in [0.4, 0.5) is 17.1 Å². The summed E-state index contributed by atoms with van der Waals surface area (Å²) in [5.41, 5.74) is 14.4. The number of anilines is 3. The fourth-order valence-corrected chi connectivity index (χ4v) is 11.1. The Morgan fingerprint density at radius 2 is 1.02 bits per heavy atom. The van der Waals surface area contributed by atoms with E-state index >= 15 is 0 Å². The topological polar surface area (TPSA) is 3.24 Å². The maximum atomic E-state index is 2.48. The highest BCUT2D eigenvalue weighted by molar-refractivity contribution is 7.27. The molecule has 0 saturated carbocycles. The third kappa shape index (κ3) is 3.82. The van der Waals surface area contributed by atoms with E-state index in [1.807, 2.05) is 22.7 Å². The molecule has 0 fully saturated rings. The van der Waals surface area contributed by atoms with Gasteiger partial charge in [0.15, 0.2) is 0 Å². The Labute approximate surface area is 299 Å². The third-order valence-electron chi connectivity index (χ3n) is 11.0. The molecule has 50 heavy (non-hydrogen) atoms. The number of hydrogen-bond acceptors (Lipinski definition) is 3. The second kappa shape index (κ2) is 10.3. The lowest BCUT2D eigenvalue weighted by Gasteiger charge is -2.29. The van der Waals surface area contributed by atoms with Gasteiger partial charge in [-0.25, -0.2) is 0 Å². The molecule has 0 atom stereocenters. The van der Waals surface area contributed by atoms with Crippen molar-refractivity contribution in [1.29, 1.82) is 0 Å². The van der Waals surface area contributed by atoms with Crippen molar-refractivity contribution in [3.05, 3.63) is 163 Å². The molecule has 0 saturated heterocycles. The molecule has 0 N–H and O–H groups in total. The summed E-state index contributed by atoms with van der Waals surface area (Å²) in [7, 11) is 0. The van der Waals surface area contributed by atoms with Crippen molar-refractivity contribution in [2.45, 2.75) is 19.3 Å². The standard InChI is InChI=1S/C47H31NS2/c1-47(2)36-20-10-9-17-31(36)32-24-23-28(25-37(32)47)35-26-41-45-43-33(35)18-11-21-39(43)50-42-27-38(34-19-12-22-40(49-41)44(34)46(42)45)48(29-13-5-3-6-14-29)30-15-7-4-8-16-30/h3-27H,1-2H3. The maximum Gasteiger partial charge on any atom is 0.0555 e. The van der Waals surface area contributed by atoms with Gasteiger partial charge < -0.3 is 4.90 Å². The molecule has 0 bridgehead atoms. The number of fused-ring (bicyclic) bond motifs is 3. The van der Waals surface area contributed by atoms with E-state index < -0.39 is 0 Å². The van der Waals surface area contributed by atoms with E-state index in [0.29, 0.717) is 0 Å². The second-order valence-electron chi connectivity index (χ2n) is 14.1. The Hall–Kier alpha value is -5.48. The average molecular weight is 674 g/mol. The van der Waals surface area contributed by atoms with Crippen molar-refractivity contribution in [2.24, 2.45) is 0 Å². The molecule has 236 valence electrons. The Morgan fingerprint density at radius 1 is 0.440 bits per heavy atom. The van der Waals surface area contributed by atoms with E-state index in [4.69, 9.17) is 0 Å².